The van der Waals surface area contributed by atoms with Crippen LogP contribution in [0.1, 0.15) is 11.1 Å². The average Bonchev–Trinajstić information content (AvgIpc) is 3.42. The molecule has 0 aliphatic carbocycles. The zero-order valence-electron chi connectivity index (χ0n) is 16.1. The van der Waals surface area contributed by atoms with Gasteiger partial charge in [0.2, 0.25) is 0 Å². The second-order valence-electron chi connectivity index (χ2n) is 7.40. The van der Waals surface area contributed by atoms with E-state index in [9.17, 15) is 0 Å². The predicted octanol–water partition coefficient (Wildman–Crippen LogP) is 6.80. The minimum Gasteiger partial charge on any atom is -0.452 e. The van der Waals surface area contributed by atoms with E-state index in [1.807, 2.05) is 48.8 Å². The van der Waals surface area contributed by atoms with Crippen LogP contribution in [-0.4, -0.2) is 9.55 Å². The Morgan fingerprint density at radius 1 is 0.724 bits per heavy atom. The van der Waals surface area contributed by atoms with Crippen molar-refractivity contribution in [2.45, 2.75) is 13.8 Å². The summed E-state index contributed by atoms with van der Waals surface area (Å²) < 4.78 is 14.6. The molecule has 140 valence electrons. The highest BCUT2D eigenvalue weighted by Crippen LogP contribution is 2.40. The molecule has 0 bridgehead atoms. The molecule has 0 atom stereocenters. The van der Waals surface area contributed by atoms with Gasteiger partial charge in [-0.25, -0.2) is 4.98 Å². The largest absolute Gasteiger partial charge is 0.452 e. The molecule has 0 aliphatic heterocycles. The molecule has 3 aromatic heterocycles. The van der Waals surface area contributed by atoms with Gasteiger partial charge in [0, 0.05) is 12.4 Å². The Bertz CT molecular complexity index is 1510. The molecule has 4 nitrogen and oxygen atoms in total. The molecule has 0 fully saturated rings. The lowest BCUT2D eigenvalue weighted by Crippen LogP contribution is -2.01. The van der Waals surface area contributed by atoms with Gasteiger partial charge in [0.05, 0.1) is 22.0 Å². The standard InChI is InChI=1S/C25H18N2O2/c1-15-7-5-8-16(2)21(15)27-14-13-26-25(27)19-11-6-10-18-22(19)29-23-17-9-3-4-12-20(17)28-24(18)23/h3-14H,1-2H3. The number of nitrogens with zero attached hydrogens (tertiary/aromatic N) is 2. The molecular formula is C25H18N2O2. The fraction of sp³-hybridized carbons (Fsp3) is 0.0800. The lowest BCUT2D eigenvalue weighted by Gasteiger charge is -2.14. The minimum atomic E-state index is 0.785. The van der Waals surface area contributed by atoms with Gasteiger partial charge in [-0.15, -0.1) is 0 Å². The maximum absolute atomic E-state index is 6.36. The summed E-state index contributed by atoms with van der Waals surface area (Å²) in [5, 5.41) is 1.95. The van der Waals surface area contributed by atoms with Gasteiger partial charge in [0.1, 0.15) is 17.0 Å². The Morgan fingerprint density at radius 2 is 1.45 bits per heavy atom. The van der Waals surface area contributed by atoms with Crippen molar-refractivity contribution >= 4 is 33.1 Å². The van der Waals surface area contributed by atoms with Gasteiger partial charge < -0.3 is 8.83 Å². The normalized spacial score (nSPS) is 11.8. The maximum Gasteiger partial charge on any atom is 0.181 e. The number of para-hydroxylation sites is 3. The first-order valence-electron chi connectivity index (χ1n) is 9.65. The number of hydrogen-bond donors (Lipinski definition) is 0. The molecule has 29 heavy (non-hydrogen) atoms. The van der Waals surface area contributed by atoms with E-state index in [0.29, 0.717) is 0 Å². The summed E-state index contributed by atoms with van der Waals surface area (Å²) >= 11 is 0. The first kappa shape index (κ1) is 16.2. The zero-order valence-corrected chi connectivity index (χ0v) is 16.1. The molecule has 3 aromatic carbocycles. The van der Waals surface area contributed by atoms with Crippen LogP contribution < -0.4 is 0 Å². The molecule has 6 rings (SSSR count). The lowest BCUT2D eigenvalue weighted by molar-refractivity contribution is 0.653. The SMILES string of the molecule is Cc1cccc(C)c1-n1ccnc1-c1cccc2c1oc1c3ccccc3oc21. The Labute approximate surface area is 167 Å². The van der Waals surface area contributed by atoms with E-state index in [1.165, 1.54) is 11.1 Å². The van der Waals surface area contributed by atoms with Crippen LogP contribution in [0.2, 0.25) is 0 Å². The number of imidazole rings is 1. The van der Waals surface area contributed by atoms with E-state index in [0.717, 1.165) is 50.2 Å². The number of aromatic nitrogens is 2. The number of fused-ring (bicyclic) bond motifs is 5. The third kappa shape index (κ3) is 2.23. The first-order chi connectivity index (χ1) is 14.2. The molecule has 4 heteroatoms. The van der Waals surface area contributed by atoms with Crippen molar-refractivity contribution < 1.29 is 8.83 Å². The van der Waals surface area contributed by atoms with Crippen molar-refractivity contribution in [3.8, 4) is 17.1 Å². The molecule has 6 aromatic rings. The number of aryl methyl sites for hydroxylation is 2. The van der Waals surface area contributed by atoms with Gasteiger partial charge in [-0.1, -0.05) is 36.4 Å². The van der Waals surface area contributed by atoms with Crippen molar-refractivity contribution in [3.63, 3.8) is 0 Å². The summed E-state index contributed by atoms with van der Waals surface area (Å²) in [6, 6.07) is 20.4. The second-order valence-corrected chi connectivity index (χ2v) is 7.40. The minimum absolute atomic E-state index is 0.785. The molecule has 0 aliphatic rings. The second kappa shape index (κ2) is 5.85. The van der Waals surface area contributed by atoms with E-state index < -0.39 is 0 Å². The predicted molar refractivity (Wildman–Crippen MR) is 116 cm³/mol. The molecule has 0 amide bonds. The van der Waals surface area contributed by atoms with Gasteiger partial charge >= 0.3 is 0 Å². The van der Waals surface area contributed by atoms with Crippen LogP contribution in [0.5, 0.6) is 0 Å². The summed E-state index contributed by atoms with van der Waals surface area (Å²) in [7, 11) is 0. The van der Waals surface area contributed by atoms with Crippen LogP contribution in [0.3, 0.4) is 0 Å². The van der Waals surface area contributed by atoms with E-state index >= 15 is 0 Å². The Morgan fingerprint density at radius 3 is 2.31 bits per heavy atom. The zero-order chi connectivity index (χ0) is 19.5. The topological polar surface area (TPSA) is 44.1 Å². The van der Waals surface area contributed by atoms with E-state index in [2.05, 4.69) is 47.7 Å². The summed E-state index contributed by atoms with van der Waals surface area (Å²) in [4.78, 5) is 4.68. The van der Waals surface area contributed by atoms with Gasteiger partial charge in [-0.2, -0.15) is 0 Å². The quantitative estimate of drug-likeness (QED) is 0.333. The van der Waals surface area contributed by atoms with Crippen molar-refractivity contribution in [2.24, 2.45) is 0 Å². The van der Waals surface area contributed by atoms with Crippen LogP contribution in [0.4, 0.5) is 0 Å². The molecule has 0 spiro atoms. The highest BCUT2D eigenvalue weighted by Gasteiger charge is 2.20. The maximum atomic E-state index is 6.36. The van der Waals surface area contributed by atoms with Crippen LogP contribution in [0.15, 0.2) is 81.9 Å². The van der Waals surface area contributed by atoms with Crippen molar-refractivity contribution in [2.75, 3.05) is 0 Å². The summed E-state index contributed by atoms with van der Waals surface area (Å²) in [6.45, 7) is 4.25. The summed E-state index contributed by atoms with van der Waals surface area (Å²) in [5.74, 6) is 0.855. The van der Waals surface area contributed by atoms with Crippen molar-refractivity contribution in [1.29, 1.82) is 0 Å². The molecule has 0 radical (unpaired) electrons. The third-order valence-corrected chi connectivity index (χ3v) is 5.58. The Hall–Kier alpha value is -3.79. The molecule has 0 N–H and O–H groups in total. The molecule has 0 saturated heterocycles. The molecular weight excluding hydrogens is 360 g/mol. The van der Waals surface area contributed by atoms with Crippen molar-refractivity contribution in [1.82, 2.24) is 9.55 Å². The lowest BCUT2D eigenvalue weighted by atomic mass is 10.1. The highest BCUT2D eigenvalue weighted by molar-refractivity contribution is 6.14. The van der Waals surface area contributed by atoms with E-state index in [1.54, 1.807) is 0 Å². The van der Waals surface area contributed by atoms with Crippen LogP contribution in [0.25, 0.3) is 50.2 Å². The van der Waals surface area contributed by atoms with E-state index in [4.69, 9.17) is 8.83 Å². The summed E-state index contributed by atoms with van der Waals surface area (Å²) in [5.41, 5.74) is 7.72. The van der Waals surface area contributed by atoms with Gasteiger partial charge in [0.25, 0.3) is 0 Å². The number of furan rings is 2. The molecule has 0 unspecified atom stereocenters. The van der Waals surface area contributed by atoms with Crippen LogP contribution in [-0.2, 0) is 0 Å². The Kier molecular flexibility index (Phi) is 3.27. The third-order valence-electron chi connectivity index (χ3n) is 5.58. The number of hydrogen-bond acceptors (Lipinski definition) is 3. The highest BCUT2D eigenvalue weighted by atomic mass is 16.4. The monoisotopic (exact) mass is 378 g/mol. The smallest absolute Gasteiger partial charge is 0.181 e. The number of benzene rings is 3. The fourth-order valence-corrected chi connectivity index (χ4v) is 4.27. The Balaban J connectivity index is 1.66. The van der Waals surface area contributed by atoms with Crippen LogP contribution >= 0.6 is 0 Å². The van der Waals surface area contributed by atoms with E-state index in [-0.39, 0.29) is 0 Å². The van der Waals surface area contributed by atoms with Gasteiger partial charge in [-0.05, 0) is 49.2 Å². The summed E-state index contributed by atoms with van der Waals surface area (Å²) in [6.07, 6.45) is 3.84. The fourth-order valence-electron chi connectivity index (χ4n) is 4.27. The van der Waals surface area contributed by atoms with Crippen LogP contribution in [0, 0.1) is 13.8 Å². The van der Waals surface area contributed by atoms with Gasteiger partial charge in [0.15, 0.2) is 11.2 Å². The average molecular weight is 378 g/mol. The molecule has 0 saturated carbocycles. The number of rotatable bonds is 2. The van der Waals surface area contributed by atoms with Crippen molar-refractivity contribution in [3.05, 3.63) is 84.2 Å². The first-order valence-corrected chi connectivity index (χ1v) is 9.65. The van der Waals surface area contributed by atoms with Gasteiger partial charge in [-0.3, -0.25) is 4.57 Å². The molecule has 3 heterocycles.